The fourth-order valence-corrected chi connectivity index (χ4v) is 5.65. The minimum atomic E-state index is -0.297. The van der Waals surface area contributed by atoms with E-state index in [1.165, 1.54) is 69.1 Å². The van der Waals surface area contributed by atoms with E-state index in [4.69, 9.17) is 4.74 Å². The van der Waals surface area contributed by atoms with Gasteiger partial charge in [0.15, 0.2) is 0 Å². The van der Waals surface area contributed by atoms with E-state index in [1.807, 2.05) is 49.4 Å². The fourth-order valence-electron chi connectivity index (χ4n) is 5.65. The van der Waals surface area contributed by atoms with Crippen LogP contribution < -0.4 is 4.74 Å². The molecule has 1 heterocycles. The van der Waals surface area contributed by atoms with Gasteiger partial charge in [-0.05, 0) is 50.1 Å². The molecular weight excluding hydrogens is 532 g/mol. The van der Waals surface area contributed by atoms with Gasteiger partial charge >= 0.3 is 0 Å². The lowest BCUT2D eigenvalue weighted by atomic mass is 10.0. The van der Waals surface area contributed by atoms with Crippen molar-refractivity contribution in [1.29, 1.82) is 0 Å². The summed E-state index contributed by atoms with van der Waals surface area (Å²) in [6.07, 6.45) is 22.7. The van der Waals surface area contributed by atoms with Crippen molar-refractivity contribution < 1.29 is 14.3 Å². The average molecular weight is 587 g/mol. The molecule has 0 spiro atoms. The Morgan fingerprint density at radius 1 is 0.767 bits per heavy atom. The molecule has 2 amide bonds. The number of hydrogen-bond donors (Lipinski definition) is 0. The molecule has 234 valence electrons. The first-order valence-corrected chi connectivity index (χ1v) is 16.8. The van der Waals surface area contributed by atoms with Crippen LogP contribution in [0.3, 0.4) is 0 Å². The molecule has 0 atom stereocenters. The first-order valence-electron chi connectivity index (χ1n) is 16.8. The highest BCUT2D eigenvalue weighted by Crippen LogP contribution is 2.25. The highest BCUT2D eigenvalue weighted by Gasteiger charge is 2.28. The highest BCUT2D eigenvalue weighted by atomic mass is 16.5. The molecule has 5 nitrogen and oxygen atoms in total. The minimum Gasteiger partial charge on any atom is -0.493 e. The van der Waals surface area contributed by atoms with E-state index >= 15 is 0 Å². The Balaban J connectivity index is 1.56. The van der Waals surface area contributed by atoms with Gasteiger partial charge in [0.25, 0.3) is 11.8 Å². The quantitative estimate of drug-likeness (QED) is 0.115. The van der Waals surface area contributed by atoms with E-state index < -0.39 is 0 Å². The van der Waals surface area contributed by atoms with Crippen molar-refractivity contribution in [3.8, 4) is 5.75 Å². The van der Waals surface area contributed by atoms with Crippen molar-refractivity contribution >= 4 is 11.8 Å². The second-order valence-corrected chi connectivity index (χ2v) is 11.8. The van der Waals surface area contributed by atoms with Crippen molar-refractivity contribution in [1.82, 2.24) is 9.80 Å². The van der Waals surface area contributed by atoms with Crippen LogP contribution in [0.2, 0.25) is 0 Å². The van der Waals surface area contributed by atoms with Crippen LogP contribution in [0.25, 0.3) is 0 Å². The van der Waals surface area contributed by atoms with E-state index in [0.717, 1.165) is 43.6 Å². The number of unbranched alkanes of at least 4 members (excludes halogenated alkanes) is 11. The molecule has 1 aliphatic heterocycles. The van der Waals surface area contributed by atoms with Crippen LogP contribution in [0.4, 0.5) is 0 Å². The van der Waals surface area contributed by atoms with Crippen LogP contribution in [0.15, 0.2) is 72.5 Å². The maximum Gasteiger partial charge on any atom is 0.261 e. The first kappa shape index (κ1) is 34.2. The molecular formula is C38H54N2O3. The molecule has 2 aromatic rings. The molecule has 0 bridgehead atoms. The van der Waals surface area contributed by atoms with E-state index in [0.29, 0.717) is 23.5 Å². The van der Waals surface area contributed by atoms with Gasteiger partial charge in [-0.25, -0.2) is 0 Å². The summed E-state index contributed by atoms with van der Waals surface area (Å²) in [6.45, 7) is 8.84. The van der Waals surface area contributed by atoms with Crippen LogP contribution in [-0.4, -0.2) is 47.9 Å². The third-order valence-electron chi connectivity index (χ3n) is 8.25. The number of amides is 2. The largest absolute Gasteiger partial charge is 0.493 e. The van der Waals surface area contributed by atoms with Gasteiger partial charge in [0, 0.05) is 35.5 Å². The number of carbonyl (C=O) groups is 2. The Morgan fingerprint density at radius 3 is 2.07 bits per heavy atom. The van der Waals surface area contributed by atoms with Gasteiger partial charge in [0.05, 0.1) is 13.2 Å². The third-order valence-corrected chi connectivity index (χ3v) is 8.25. The summed E-state index contributed by atoms with van der Waals surface area (Å²) >= 11 is 0. The number of allylic oxidation sites excluding steroid dienone is 2. The SMILES string of the molecule is CCCCCCCCCCCCCCOc1cccc(C(=O)N(CC2=CC=CCN2CCC)C(=O)c2ccccc2)c1C. The summed E-state index contributed by atoms with van der Waals surface area (Å²) in [5, 5.41) is 0. The first-order chi connectivity index (χ1) is 21.1. The number of ether oxygens (including phenoxy) is 1. The van der Waals surface area contributed by atoms with Gasteiger partial charge in [0.2, 0.25) is 0 Å². The molecule has 0 saturated carbocycles. The molecule has 3 rings (SSSR count). The van der Waals surface area contributed by atoms with Crippen LogP contribution in [-0.2, 0) is 0 Å². The van der Waals surface area contributed by atoms with Crippen LogP contribution >= 0.6 is 0 Å². The van der Waals surface area contributed by atoms with Crippen molar-refractivity contribution in [2.45, 2.75) is 104 Å². The van der Waals surface area contributed by atoms with Crippen molar-refractivity contribution in [2.75, 3.05) is 26.2 Å². The summed E-state index contributed by atoms with van der Waals surface area (Å²) in [6, 6.07) is 14.7. The Bertz CT molecular complexity index is 1170. The number of hydrogen-bond acceptors (Lipinski definition) is 4. The molecule has 43 heavy (non-hydrogen) atoms. The molecule has 5 heteroatoms. The Kier molecular flexibility index (Phi) is 15.7. The normalized spacial score (nSPS) is 12.7. The number of carbonyl (C=O) groups excluding carboxylic acids is 2. The predicted octanol–water partition coefficient (Wildman–Crippen LogP) is 9.52. The highest BCUT2D eigenvalue weighted by molar-refractivity contribution is 6.11. The zero-order valence-corrected chi connectivity index (χ0v) is 27.0. The zero-order valence-electron chi connectivity index (χ0n) is 27.0. The third kappa shape index (κ3) is 11.3. The Hall–Kier alpha value is -3.34. The smallest absolute Gasteiger partial charge is 0.261 e. The summed E-state index contributed by atoms with van der Waals surface area (Å²) in [5.74, 6) is 0.127. The maximum atomic E-state index is 14.0. The van der Waals surface area contributed by atoms with Crippen LogP contribution in [0, 0.1) is 6.92 Å². The molecule has 0 saturated heterocycles. The van der Waals surface area contributed by atoms with Crippen LogP contribution in [0.5, 0.6) is 5.75 Å². The Labute approximate surface area is 261 Å². The molecule has 1 aliphatic rings. The summed E-state index contributed by atoms with van der Waals surface area (Å²) < 4.78 is 6.16. The predicted molar refractivity (Wildman–Crippen MR) is 179 cm³/mol. The van der Waals surface area contributed by atoms with E-state index in [1.54, 1.807) is 18.2 Å². The second-order valence-electron chi connectivity index (χ2n) is 11.8. The maximum absolute atomic E-state index is 14.0. The number of imide groups is 1. The number of rotatable bonds is 20. The molecule has 2 aromatic carbocycles. The molecule has 0 aliphatic carbocycles. The lowest BCUT2D eigenvalue weighted by Crippen LogP contribution is -2.42. The molecule has 0 aromatic heterocycles. The lowest BCUT2D eigenvalue weighted by molar-refractivity contribution is 0.0618. The Morgan fingerprint density at radius 2 is 1.42 bits per heavy atom. The topological polar surface area (TPSA) is 49.9 Å². The molecule has 0 radical (unpaired) electrons. The minimum absolute atomic E-state index is 0.223. The van der Waals surface area contributed by atoms with Crippen molar-refractivity contribution in [3.63, 3.8) is 0 Å². The zero-order chi connectivity index (χ0) is 30.7. The van der Waals surface area contributed by atoms with Gasteiger partial charge < -0.3 is 9.64 Å². The van der Waals surface area contributed by atoms with Crippen molar-refractivity contribution in [3.05, 3.63) is 89.1 Å². The van der Waals surface area contributed by atoms with E-state index in [9.17, 15) is 9.59 Å². The van der Waals surface area contributed by atoms with E-state index in [2.05, 4.69) is 24.8 Å². The standard InChI is InChI=1S/C38H54N2O3/c1-4-6-7-8-9-10-11-12-13-14-15-21-30-43-36-27-22-26-35(32(36)3)38(42)40(37(41)33-23-17-16-18-24-33)31-34-25-19-20-29-39(34)28-5-2/h16-20,22-27H,4-15,21,28-31H2,1-3H3. The fraction of sp³-hybridized carbons (Fsp3) is 0.526. The average Bonchev–Trinajstić information content (AvgIpc) is 3.03. The summed E-state index contributed by atoms with van der Waals surface area (Å²) in [7, 11) is 0. The van der Waals surface area contributed by atoms with Gasteiger partial charge in [-0.1, -0.05) is 121 Å². The van der Waals surface area contributed by atoms with Crippen LogP contribution in [0.1, 0.15) is 124 Å². The van der Waals surface area contributed by atoms with E-state index in [-0.39, 0.29) is 18.4 Å². The van der Waals surface area contributed by atoms with Gasteiger partial charge in [0.1, 0.15) is 5.75 Å². The summed E-state index contributed by atoms with van der Waals surface area (Å²) in [5.41, 5.74) is 2.76. The van der Waals surface area contributed by atoms with Gasteiger partial charge in [-0.3, -0.25) is 14.5 Å². The monoisotopic (exact) mass is 586 g/mol. The van der Waals surface area contributed by atoms with Gasteiger partial charge in [-0.2, -0.15) is 0 Å². The molecule has 0 fully saturated rings. The number of nitrogens with zero attached hydrogens (tertiary/aromatic N) is 2. The lowest BCUT2D eigenvalue weighted by Gasteiger charge is -2.32. The van der Waals surface area contributed by atoms with Crippen molar-refractivity contribution in [2.24, 2.45) is 0 Å². The van der Waals surface area contributed by atoms with Gasteiger partial charge in [-0.15, -0.1) is 0 Å². The second kappa shape index (κ2) is 19.8. The molecule has 0 unspecified atom stereocenters. The summed E-state index contributed by atoms with van der Waals surface area (Å²) in [4.78, 5) is 31.4. The molecule has 0 N–H and O–H groups in total. The number of benzene rings is 2.